The van der Waals surface area contributed by atoms with Gasteiger partial charge in [0.1, 0.15) is 5.76 Å². The number of aliphatic hydroxyl groups excluding tert-OH is 1. The minimum Gasteiger partial charge on any atom is -0.510 e. The maximum atomic E-state index is 12.5. The maximum absolute atomic E-state index is 12.5. The lowest BCUT2D eigenvalue weighted by Crippen LogP contribution is -2.55. The summed E-state index contributed by atoms with van der Waals surface area (Å²) in [7, 11) is 1.73. The summed E-state index contributed by atoms with van der Waals surface area (Å²) >= 11 is 0. The summed E-state index contributed by atoms with van der Waals surface area (Å²) in [6.07, 6.45) is 3.61. The first-order chi connectivity index (χ1) is 11.0. The van der Waals surface area contributed by atoms with Crippen LogP contribution >= 0.6 is 0 Å². The number of carbonyl (C=O) groups is 1. The summed E-state index contributed by atoms with van der Waals surface area (Å²) < 4.78 is 5.44. The van der Waals surface area contributed by atoms with Gasteiger partial charge in [0.15, 0.2) is 5.78 Å². The van der Waals surface area contributed by atoms with Gasteiger partial charge in [-0.3, -0.25) is 10.1 Å². The zero-order valence-electron chi connectivity index (χ0n) is 14.1. The molecule has 23 heavy (non-hydrogen) atoms. The van der Waals surface area contributed by atoms with E-state index in [1.54, 1.807) is 7.11 Å². The summed E-state index contributed by atoms with van der Waals surface area (Å²) in [5.74, 6) is 0.188. The van der Waals surface area contributed by atoms with Gasteiger partial charge < -0.3 is 9.84 Å². The van der Waals surface area contributed by atoms with E-state index < -0.39 is 5.54 Å². The average molecular weight is 315 g/mol. The molecule has 1 aromatic carbocycles. The Morgan fingerprint density at radius 3 is 2.61 bits per heavy atom. The first-order valence-electron chi connectivity index (χ1n) is 8.29. The van der Waals surface area contributed by atoms with Crippen LogP contribution in [0.4, 0.5) is 0 Å². The Morgan fingerprint density at radius 1 is 1.26 bits per heavy atom. The lowest BCUT2D eigenvalue weighted by molar-refractivity contribution is -0.114. The van der Waals surface area contributed by atoms with E-state index in [-0.39, 0.29) is 24.2 Å². The van der Waals surface area contributed by atoms with Crippen molar-refractivity contribution in [1.29, 1.82) is 0 Å². The molecule has 4 heteroatoms. The van der Waals surface area contributed by atoms with Crippen LogP contribution in [0.5, 0.6) is 0 Å². The summed E-state index contributed by atoms with van der Waals surface area (Å²) in [6.45, 7) is 4.27. The van der Waals surface area contributed by atoms with Gasteiger partial charge in [0.2, 0.25) is 0 Å². The van der Waals surface area contributed by atoms with Crippen LogP contribution in [0, 0.1) is 13.8 Å². The molecular formula is C19H25NO3. The van der Waals surface area contributed by atoms with Crippen molar-refractivity contribution in [3.8, 4) is 0 Å². The van der Waals surface area contributed by atoms with Crippen molar-refractivity contribution in [2.24, 2.45) is 0 Å². The lowest BCUT2D eigenvalue weighted by atomic mass is 9.74. The van der Waals surface area contributed by atoms with E-state index in [0.29, 0.717) is 5.57 Å². The predicted octanol–water partition coefficient (Wildman–Crippen LogP) is 3.07. The number of hydrogen-bond acceptors (Lipinski definition) is 4. The van der Waals surface area contributed by atoms with Crippen LogP contribution in [0.2, 0.25) is 0 Å². The van der Waals surface area contributed by atoms with Gasteiger partial charge in [-0.05, 0) is 50.7 Å². The molecule has 0 aromatic heterocycles. The molecule has 1 aliphatic carbocycles. The predicted molar refractivity (Wildman–Crippen MR) is 90.5 cm³/mol. The monoisotopic (exact) mass is 315 g/mol. The number of benzene rings is 1. The Balaban J connectivity index is 2.05. The fourth-order valence-corrected chi connectivity index (χ4v) is 3.81. The number of rotatable bonds is 2. The van der Waals surface area contributed by atoms with E-state index in [1.165, 1.54) is 0 Å². The largest absolute Gasteiger partial charge is 0.510 e. The van der Waals surface area contributed by atoms with E-state index in [4.69, 9.17) is 4.74 Å². The van der Waals surface area contributed by atoms with Gasteiger partial charge in [0, 0.05) is 7.11 Å². The van der Waals surface area contributed by atoms with Crippen LogP contribution in [-0.2, 0) is 9.53 Å². The zero-order chi connectivity index (χ0) is 16.6. The molecule has 3 rings (SSSR count). The van der Waals surface area contributed by atoms with Crippen molar-refractivity contribution in [3.63, 3.8) is 0 Å². The van der Waals surface area contributed by atoms with Crippen LogP contribution in [0.3, 0.4) is 0 Å². The van der Waals surface area contributed by atoms with Crippen LogP contribution in [-0.4, -0.2) is 36.2 Å². The first-order valence-corrected chi connectivity index (χ1v) is 8.29. The minimum absolute atomic E-state index is 0.0318. The second kappa shape index (κ2) is 6.10. The van der Waals surface area contributed by atoms with Gasteiger partial charge in [-0.2, -0.15) is 0 Å². The van der Waals surface area contributed by atoms with Crippen molar-refractivity contribution >= 4 is 11.4 Å². The SMILES string of the molecule is CO[C@H]1CC[C@]2(CC1)NCC(=O)C(c1cc(C)ccc1C)=C2O. The number of Topliss-reactive ketones (excluding diaryl/α,β-unsaturated/α-hetero) is 1. The second-order valence-electron chi connectivity index (χ2n) is 6.84. The van der Waals surface area contributed by atoms with E-state index in [1.807, 2.05) is 32.0 Å². The molecule has 0 unspecified atom stereocenters. The van der Waals surface area contributed by atoms with Crippen molar-refractivity contribution < 1.29 is 14.6 Å². The first kappa shape index (κ1) is 16.2. The highest BCUT2D eigenvalue weighted by Gasteiger charge is 2.44. The molecular weight excluding hydrogens is 290 g/mol. The molecule has 1 saturated carbocycles. The highest BCUT2D eigenvalue weighted by molar-refractivity contribution is 6.23. The number of ketones is 1. The minimum atomic E-state index is -0.478. The maximum Gasteiger partial charge on any atom is 0.180 e. The van der Waals surface area contributed by atoms with E-state index in [0.717, 1.165) is 42.4 Å². The molecule has 0 saturated heterocycles. The quantitative estimate of drug-likeness (QED) is 0.880. The molecule has 4 nitrogen and oxygen atoms in total. The highest BCUT2D eigenvalue weighted by Crippen LogP contribution is 2.40. The van der Waals surface area contributed by atoms with Crippen molar-refractivity contribution in [2.45, 2.75) is 51.2 Å². The van der Waals surface area contributed by atoms with Crippen molar-refractivity contribution in [3.05, 3.63) is 40.6 Å². The van der Waals surface area contributed by atoms with Gasteiger partial charge in [0.05, 0.1) is 23.8 Å². The van der Waals surface area contributed by atoms with Gasteiger partial charge in [-0.1, -0.05) is 23.8 Å². The molecule has 1 spiro atoms. The molecule has 2 N–H and O–H groups in total. The number of nitrogens with one attached hydrogen (secondary N) is 1. The number of hydrogen-bond donors (Lipinski definition) is 2. The molecule has 0 atom stereocenters. The summed E-state index contributed by atoms with van der Waals surface area (Å²) in [4.78, 5) is 12.5. The Bertz CT molecular complexity index is 655. The zero-order valence-corrected chi connectivity index (χ0v) is 14.1. The molecule has 0 radical (unpaired) electrons. The molecule has 1 aliphatic heterocycles. The number of methoxy groups -OCH3 is 1. The van der Waals surface area contributed by atoms with E-state index in [9.17, 15) is 9.90 Å². The summed E-state index contributed by atoms with van der Waals surface area (Å²) in [5, 5.41) is 14.3. The third kappa shape index (κ3) is 2.81. The fraction of sp³-hybridized carbons (Fsp3) is 0.526. The molecule has 0 bridgehead atoms. The van der Waals surface area contributed by atoms with Gasteiger partial charge in [0.25, 0.3) is 0 Å². The van der Waals surface area contributed by atoms with Gasteiger partial charge >= 0.3 is 0 Å². The Hall–Kier alpha value is -1.65. The number of carbonyl (C=O) groups excluding carboxylic acids is 1. The summed E-state index contributed by atoms with van der Waals surface area (Å²) in [5.41, 5.74) is 3.00. The van der Waals surface area contributed by atoms with Crippen LogP contribution in [0.15, 0.2) is 24.0 Å². The van der Waals surface area contributed by atoms with Crippen LogP contribution in [0.1, 0.15) is 42.4 Å². The smallest absolute Gasteiger partial charge is 0.180 e. The van der Waals surface area contributed by atoms with Gasteiger partial charge in [-0.25, -0.2) is 0 Å². The van der Waals surface area contributed by atoms with Crippen molar-refractivity contribution in [2.75, 3.05) is 13.7 Å². The summed E-state index contributed by atoms with van der Waals surface area (Å²) in [6, 6.07) is 6.04. The highest BCUT2D eigenvalue weighted by atomic mass is 16.5. The lowest BCUT2D eigenvalue weighted by Gasteiger charge is -2.43. The second-order valence-corrected chi connectivity index (χ2v) is 6.84. The molecule has 2 aliphatic rings. The average Bonchev–Trinajstić information content (AvgIpc) is 2.55. The molecule has 0 amide bonds. The number of ether oxygens (including phenoxy) is 1. The fourth-order valence-electron chi connectivity index (χ4n) is 3.81. The van der Waals surface area contributed by atoms with E-state index in [2.05, 4.69) is 5.32 Å². The Kier molecular flexibility index (Phi) is 4.30. The molecule has 1 aromatic rings. The topological polar surface area (TPSA) is 58.6 Å². The van der Waals surface area contributed by atoms with Gasteiger partial charge in [-0.15, -0.1) is 0 Å². The Morgan fingerprint density at radius 2 is 1.96 bits per heavy atom. The molecule has 124 valence electrons. The normalized spacial score (nSPS) is 28.5. The van der Waals surface area contributed by atoms with Crippen LogP contribution in [0.25, 0.3) is 5.57 Å². The molecule has 1 fully saturated rings. The third-order valence-corrected chi connectivity index (χ3v) is 5.34. The van der Waals surface area contributed by atoms with E-state index >= 15 is 0 Å². The third-order valence-electron chi connectivity index (χ3n) is 5.34. The van der Waals surface area contributed by atoms with Crippen LogP contribution < -0.4 is 5.32 Å². The number of aryl methyl sites for hydroxylation is 2. The molecule has 1 heterocycles. The number of aliphatic hydroxyl groups is 1. The Labute approximate surface area is 137 Å². The van der Waals surface area contributed by atoms with Crippen molar-refractivity contribution in [1.82, 2.24) is 5.32 Å². The standard InChI is InChI=1S/C19H25NO3/c1-12-4-5-13(2)15(10-12)17-16(21)11-20-19(18(17)22)8-6-14(23-3)7-9-19/h4-5,10,14,20,22H,6-9,11H2,1-3H3/t14-,19+.